The van der Waals surface area contributed by atoms with Crippen molar-refractivity contribution in [3.63, 3.8) is 0 Å². The number of carbonyl (C=O) groups excluding carboxylic acids is 1. The zero-order chi connectivity index (χ0) is 12.8. The van der Waals surface area contributed by atoms with Gasteiger partial charge in [0.25, 0.3) is 5.91 Å². The molecule has 0 atom stereocenters. The third kappa shape index (κ3) is 3.19. The van der Waals surface area contributed by atoms with Crippen molar-refractivity contribution in [2.75, 3.05) is 6.54 Å². The molecule has 2 heterocycles. The van der Waals surface area contributed by atoms with E-state index in [-0.39, 0.29) is 5.91 Å². The standard InChI is InChI=1S/C12H17N5O/c1-16-11(4-6-15-16)12(18)14-5-2-3-8-17-9-7-13-10-17/h4,6-7,9-10H,2-3,5,8H2,1H3,(H,14,18). The Morgan fingerprint density at radius 3 is 2.94 bits per heavy atom. The summed E-state index contributed by atoms with van der Waals surface area (Å²) in [6, 6.07) is 1.71. The minimum absolute atomic E-state index is 0.0716. The maximum absolute atomic E-state index is 11.7. The molecule has 0 aliphatic rings. The molecule has 0 saturated heterocycles. The number of rotatable bonds is 6. The van der Waals surface area contributed by atoms with E-state index in [1.54, 1.807) is 36.5 Å². The van der Waals surface area contributed by atoms with Gasteiger partial charge in [-0.05, 0) is 18.9 Å². The Balaban J connectivity index is 1.64. The van der Waals surface area contributed by atoms with Gasteiger partial charge in [-0.3, -0.25) is 9.48 Å². The van der Waals surface area contributed by atoms with E-state index in [1.807, 2.05) is 10.8 Å². The molecule has 0 unspecified atom stereocenters. The van der Waals surface area contributed by atoms with E-state index in [1.165, 1.54) is 0 Å². The molecular weight excluding hydrogens is 230 g/mol. The van der Waals surface area contributed by atoms with E-state index in [0.717, 1.165) is 19.4 Å². The van der Waals surface area contributed by atoms with Crippen molar-refractivity contribution >= 4 is 5.91 Å². The highest BCUT2D eigenvalue weighted by atomic mass is 16.2. The van der Waals surface area contributed by atoms with Crippen LogP contribution < -0.4 is 5.32 Å². The summed E-state index contributed by atoms with van der Waals surface area (Å²) in [7, 11) is 1.76. The van der Waals surface area contributed by atoms with Gasteiger partial charge in [0.05, 0.1) is 6.33 Å². The summed E-state index contributed by atoms with van der Waals surface area (Å²) in [6.45, 7) is 1.61. The first-order valence-electron chi connectivity index (χ1n) is 5.99. The average Bonchev–Trinajstić information content (AvgIpc) is 2.99. The van der Waals surface area contributed by atoms with Crippen molar-refractivity contribution in [1.82, 2.24) is 24.6 Å². The van der Waals surface area contributed by atoms with E-state index in [0.29, 0.717) is 12.2 Å². The molecule has 2 aromatic heterocycles. The Labute approximate surface area is 106 Å². The van der Waals surface area contributed by atoms with Gasteiger partial charge in [0.15, 0.2) is 0 Å². The number of hydrogen-bond donors (Lipinski definition) is 1. The fourth-order valence-electron chi connectivity index (χ4n) is 1.73. The first-order chi connectivity index (χ1) is 8.77. The molecule has 0 aliphatic carbocycles. The minimum Gasteiger partial charge on any atom is -0.351 e. The summed E-state index contributed by atoms with van der Waals surface area (Å²) < 4.78 is 3.60. The van der Waals surface area contributed by atoms with Gasteiger partial charge in [0, 0.05) is 38.7 Å². The lowest BCUT2D eigenvalue weighted by atomic mass is 10.3. The van der Waals surface area contributed by atoms with E-state index in [2.05, 4.69) is 15.4 Å². The molecule has 0 spiro atoms. The molecule has 0 radical (unpaired) electrons. The summed E-state index contributed by atoms with van der Waals surface area (Å²) in [4.78, 5) is 15.7. The van der Waals surface area contributed by atoms with Crippen LogP contribution in [0, 0.1) is 0 Å². The van der Waals surface area contributed by atoms with Gasteiger partial charge in [-0.2, -0.15) is 5.10 Å². The summed E-state index contributed by atoms with van der Waals surface area (Å²) in [6.07, 6.45) is 9.09. The summed E-state index contributed by atoms with van der Waals surface area (Å²) in [5.41, 5.74) is 0.588. The summed E-state index contributed by atoms with van der Waals surface area (Å²) >= 11 is 0. The molecule has 2 aromatic rings. The molecule has 1 N–H and O–H groups in total. The number of hydrogen-bond acceptors (Lipinski definition) is 3. The van der Waals surface area contributed by atoms with Crippen molar-refractivity contribution in [2.24, 2.45) is 7.05 Å². The number of aromatic nitrogens is 4. The minimum atomic E-state index is -0.0716. The number of nitrogens with one attached hydrogen (secondary N) is 1. The summed E-state index contributed by atoms with van der Waals surface area (Å²) in [5, 5.41) is 6.84. The molecule has 0 aliphatic heterocycles. The first kappa shape index (κ1) is 12.3. The Kier molecular flexibility index (Phi) is 4.11. The fraction of sp³-hybridized carbons (Fsp3) is 0.417. The molecule has 2 rings (SSSR count). The monoisotopic (exact) mass is 247 g/mol. The molecule has 18 heavy (non-hydrogen) atoms. The highest BCUT2D eigenvalue weighted by molar-refractivity contribution is 5.92. The molecule has 0 bridgehead atoms. The molecule has 0 saturated carbocycles. The lowest BCUT2D eigenvalue weighted by Gasteiger charge is -2.05. The van der Waals surface area contributed by atoms with Gasteiger partial charge < -0.3 is 9.88 Å². The molecule has 0 aromatic carbocycles. The van der Waals surface area contributed by atoms with E-state index >= 15 is 0 Å². The van der Waals surface area contributed by atoms with Gasteiger partial charge in [-0.15, -0.1) is 0 Å². The van der Waals surface area contributed by atoms with Crippen LogP contribution in [-0.4, -0.2) is 31.8 Å². The number of nitrogens with zero attached hydrogens (tertiary/aromatic N) is 4. The molecule has 1 amide bonds. The quantitative estimate of drug-likeness (QED) is 0.769. The second kappa shape index (κ2) is 6.00. The predicted molar refractivity (Wildman–Crippen MR) is 67.0 cm³/mol. The third-order valence-corrected chi connectivity index (χ3v) is 2.74. The molecule has 96 valence electrons. The van der Waals surface area contributed by atoms with Gasteiger partial charge >= 0.3 is 0 Å². The second-order valence-corrected chi connectivity index (χ2v) is 4.10. The van der Waals surface area contributed by atoms with Gasteiger partial charge in [-0.1, -0.05) is 0 Å². The second-order valence-electron chi connectivity index (χ2n) is 4.10. The van der Waals surface area contributed by atoms with Crippen LogP contribution in [0.1, 0.15) is 23.3 Å². The van der Waals surface area contributed by atoms with Crippen LogP contribution in [0.25, 0.3) is 0 Å². The largest absolute Gasteiger partial charge is 0.351 e. The maximum atomic E-state index is 11.7. The lowest BCUT2D eigenvalue weighted by Crippen LogP contribution is -2.26. The van der Waals surface area contributed by atoms with Crippen LogP contribution in [-0.2, 0) is 13.6 Å². The van der Waals surface area contributed by atoms with Gasteiger partial charge in [0.2, 0.25) is 0 Å². The lowest BCUT2D eigenvalue weighted by molar-refractivity contribution is 0.0943. The molecule has 6 nitrogen and oxygen atoms in total. The van der Waals surface area contributed by atoms with Crippen molar-refractivity contribution in [3.8, 4) is 0 Å². The van der Waals surface area contributed by atoms with Crippen LogP contribution in [0.2, 0.25) is 0 Å². The number of unbranched alkanes of at least 4 members (excludes halogenated alkanes) is 1. The highest BCUT2D eigenvalue weighted by Gasteiger charge is 2.08. The zero-order valence-electron chi connectivity index (χ0n) is 10.4. The van der Waals surface area contributed by atoms with Crippen LogP contribution >= 0.6 is 0 Å². The maximum Gasteiger partial charge on any atom is 0.269 e. The first-order valence-corrected chi connectivity index (χ1v) is 5.99. The zero-order valence-corrected chi connectivity index (χ0v) is 10.4. The van der Waals surface area contributed by atoms with Crippen LogP contribution in [0.5, 0.6) is 0 Å². The third-order valence-electron chi connectivity index (χ3n) is 2.74. The fourth-order valence-corrected chi connectivity index (χ4v) is 1.73. The predicted octanol–water partition coefficient (Wildman–Crippen LogP) is 0.827. The topological polar surface area (TPSA) is 64.7 Å². The Bertz CT molecular complexity index is 488. The smallest absolute Gasteiger partial charge is 0.269 e. The average molecular weight is 247 g/mol. The van der Waals surface area contributed by atoms with Gasteiger partial charge in [-0.25, -0.2) is 4.98 Å². The van der Waals surface area contributed by atoms with E-state index < -0.39 is 0 Å². The van der Waals surface area contributed by atoms with Crippen molar-refractivity contribution in [1.29, 1.82) is 0 Å². The molecule has 6 heteroatoms. The van der Waals surface area contributed by atoms with Crippen LogP contribution in [0.3, 0.4) is 0 Å². The Morgan fingerprint density at radius 2 is 2.28 bits per heavy atom. The SMILES string of the molecule is Cn1nccc1C(=O)NCCCCn1ccnc1. The number of aryl methyl sites for hydroxylation is 2. The van der Waals surface area contributed by atoms with Crippen LogP contribution in [0.4, 0.5) is 0 Å². The normalized spacial score (nSPS) is 10.5. The Hall–Kier alpha value is -2.11. The molecular formula is C12H17N5O. The van der Waals surface area contributed by atoms with Crippen molar-refractivity contribution in [2.45, 2.75) is 19.4 Å². The van der Waals surface area contributed by atoms with Crippen LogP contribution in [0.15, 0.2) is 31.0 Å². The molecule has 0 fully saturated rings. The summed E-state index contributed by atoms with van der Waals surface area (Å²) in [5.74, 6) is -0.0716. The number of carbonyl (C=O) groups is 1. The van der Waals surface area contributed by atoms with Crippen molar-refractivity contribution in [3.05, 3.63) is 36.7 Å². The number of imidazole rings is 1. The highest BCUT2D eigenvalue weighted by Crippen LogP contribution is 1.97. The van der Waals surface area contributed by atoms with E-state index in [9.17, 15) is 4.79 Å². The number of amides is 1. The van der Waals surface area contributed by atoms with Crippen molar-refractivity contribution < 1.29 is 4.79 Å². The van der Waals surface area contributed by atoms with E-state index in [4.69, 9.17) is 0 Å². The van der Waals surface area contributed by atoms with Gasteiger partial charge in [0.1, 0.15) is 5.69 Å². The Morgan fingerprint density at radius 1 is 1.39 bits per heavy atom.